The number of nitrogens with one attached hydrogen (secondary N) is 2. The average molecular weight is 293 g/mol. The van der Waals surface area contributed by atoms with Crippen molar-refractivity contribution in [1.29, 1.82) is 0 Å². The zero-order chi connectivity index (χ0) is 14.4. The van der Waals surface area contributed by atoms with Crippen molar-refractivity contribution in [3.63, 3.8) is 0 Å². The number of amides is 1. The van der Waals surface area contributed by atoms with Crippen LogP contribution in [0.4, 0.5) is 0 Å². The lowest BCUT2D eigenvalue weighted by molar-refractivity contribution is -0.120. The van der Waals surface area contributed by atoms with E-state index in [1.54, 1.807) is 12.3 Å². The van der Waals surface area contributed by atoms with Gasteiger partial charge in [-0.05, 0) is 30.7 Å². The minimum atomic E-state index is -0.0831. The van der Waals surface area contributed by atoms with Gasteiger partial charge in [0, 0.05) is 11.1 Å². The van der Waals surface area contributed by atoms with Gasteiger partial charge in [0.2, 0.25) is 5.91 Å². The van der Waals surface area contributed by atoms with Crippen LogP contribution in [-0.4, -0.2) is 12.5 Å². The Labute approximate surface area is 123 Å². The minimum Gasteiger partial charge on any atom is -0.467 e. The molecule has 0 fully saturated rings. The maximum Gasteiger partial charge on any atom is 0.234 e. The van der Waals surface area contributed by atoms with Crippen LogP contribution in [0.25, 0.3) is 0 Å². The molecule has 1 aromatic heterocycles. The molecule has 0 aliphatic rings. The van der Waals surface area contributed by atoms with Crippen molar-refractivity contribution in [3.05, 3.63) is 59.0 Å². The molecule has 2 rings (SSSR count). The van der Waals surface area contributed by atoms with Gasteiger partial charge in [-0.15, -0.1) is 0 Å². The largest absolute Gasteiger partial charge is 0.467 e. The number of furan rings is 1. The van der Waals surface area contributed by atoms with Crippen molar-refractivity contribution in [1.82, 2.24) is 10.6 Å². The van der Waals surface area contributed by atoms with Crippen LogP contribution in [0.3, 0.4) is 0 Å². The van der Waals surface area contributed by atoms with Crippen LogP contribution in [0, 0.1) is 0 Å². The summed E-state index contributed by atoms with van der Waals surface area (Å²) in [6.07, 6.45) is 1.58. The standard InChI is InChI=1S/C15H17ClN2O2/c1-11(13-6-2-3-7-14(13)16)17-10-15(19)18-9-12-5-4-8-20-12/h2-8,11,17H,9-10H2,1H3,(H,18,19)/t11-/m1/s1. The normalized spacial score (nSPS) is 12.1. The van der Waals surface area contributed by atoms with Crippen molar-refractivity contribution < 1.29 is 9.21 Å². The molecule has 106 valence electrons. The molecule has 2 N–H and O–H groups in total. The first-order chi connectivity index (χ1) is 9.66. The van der Waals surface area contributed by atoms with Crippen molar-refractivity contribution in [3.8, 4) is 0 Å². The van der Waals surface area contributed by atoms with E-state index in [1.165, 1.54) is 0 Å². The molecule has 0 aliphatic heterocycles. The van der Waals surface area contributed by atoms with E-state index in [-0.39, 0.29) is 18.5 Å². The highest BCUT2D eigenvalue weighted by atomic mass is 35.5. The minimum absolute atomic E-state index is 0.0121. The molecular formula is C15H17ClN2O2. The Bertz CT molecular complexity index is 555. The van der Waals surface area contributed by atoms with Gasteiger partial charge in [0.05, 0.1) is 19.4 Å². The highest BCUT2D eigenvalue weighted by molar-refractivity contribution is 6.31. The summed E-state index contributed by atoms with van der Waals surface area (Å²) < 4.78 is 5.14. The second-order valence-electron chi connectivity index (χ2n) is 4.48. The van der Waals surface area contributed by atoms with E-state index >= 15 is 0 Å². The smallest absolute Gasteiger partial charge is 0.234 e. The number of halogens is 1. The predicted octanol–water partition coefficient (Wildman–Crippen LogP) is 2.90. The molecule has 1 heterocycles. The third-order valence-electron chi connectivity index (χ3n) is 2.98. The lowest BCUT2D eigenvalue weighted by atomic mass is 10.1. The van der Waals surface area contributed by atoms with Crippen LogP contribution < -0.4 is 10.6 Å². The van der Waals surface area contributed by atoms with Crippen molar-refractivity contribution in [2.45, 2.75) is 19.5 Å². The van der Waals surface area contributed by atoms with Gasteiger partial charge in [0.25, 0.3) is 0 Å². The Morgan fingerprint density at radius 1 is 1.30 bits per heavy atom. The van der Waals surface area contributed by atoms with Crippen LogP contribution in [0.15, 0.2) is 47.1 Å². The molecular weight excluding hydrogens is 276 g/mol. The van der Waals surface area contributed by atoms with E-state index in [2.05, 4.69) is 10.6 Å². The fourth-order valence-electron chi connectivity index (χ4n) is 1.84. The molecule has 0 unspecified atom stereocenters. The Hall–Kier alpha value is -1.78. The third kappa shape index (κ3) is 4.11. The van der Waals surface area contributed by atoms with Gasteiger partial charge in [0.15, 0.2) is 0 Å². The van der Waals surface area contributed by atoms with E-state index in [4.69, 9.17) is 16.0 Å². The molecule has 1 aromatic carbocycles. The Kier molecular flexibility index (Phi) is 5.21. The highest BCUT2D eigenvalue weighted by Gasteiger charge is 2.10. The van der Waals surface area contributed by atoms with Crippen LogP contribution in [0.5, 0.6) is 0 Å². The summed E-state index contributed by atoms with van der Waals surface area (Å²) in [5.41, 5.74) is 0.980. The van der Waals surface area contributed by atoms with Crippen molar-refractivity contribution in [2.75, 3.05) is 6.54 Å². The van der Waals surface area contributed by atoms with Crippen molar-refractivity contribution in [2.24, 2.45) is 0 Å². The third-order valence-corrected chi connectivity index (χ3v) is 3.32. The van der Waals surface area contributed by atoms with Gasteiger partial charge in [-0.1, -0.05) is 29.8 Å². The Morgan fingerprint density at radius 3 is 2.80 bits per heavy atom. The molecule has 0 bridgehead atoms. The number of hydrogen-bond acceptors (Lipinski definition) is 3. The second-order valence-corrected chi connectivity index (χ2v) is 4.89. The number of benzene rings is 1. The van der Waals surface area contributed by atoms with Crippen LogP contribution in [0.1, 0.15) is 24.3 Å². The SMILES string of the molecule is C[C@@H](NCC(=O)NCc1ccco1)c1ccccc1Cl. The zero-order valence-electron chi connectivity index (χ0n) is 11.2. The fraction of sp³-hybridized carbons (Fsp3) is 0.267. The predicted molar refractivity (Wildman–Crippen MR) is 78.4 cm³/mol. The van der Waals surface area contributed by atoms with Gasteiger partial charge in [-0.3, -0.25) is 4.79 Å². The monoisotopic (exact) mass is 292 g/mol. The fourth-order valence-corrected chi connectivity index (χ4v) is 2.14. The average Bonchev–Trinajstić information content (AvgIpc) is 2.96. The molecule has 4 nitrogen and oxygen atoms in total. The summed E-state index contributed by atoms with van der Waals surface area (Å²) in [7, 11) is 0. The first-order valence-electron chi connectivity index (χ1n) is 6.43. The van der Waals surface area contributed by atoms with Gasteiger partial charge in [-0.2, -0.15) is 0 Å². The summed E-state index contributed by atoms with van der Waals surface area (Å²) in [5, 5.41) is 6.62. The molecule has 0 radical (unpaired) electrons. The van der Waals surface area contributed by atoms with Crippen molar-refractivity contribution >= 4 is 17.5 Å². The van der Waals surface area contributed by atoms with Gasteiger partial charge >= 0.3 is 0 Å². The molecule has 2 aromatic rings. The molecule has 1 amide bonds. The van der Waals surface area contributed by atoms with E-state index in [1.807, 2.05) is 37.3 Å². The molecule has 1 atom stereocenters. The lowest BCUT2D eigenvalue weighted by Crippen LogP contribution is -2.34. The molecule has 20 heavy (non-hydrogen) atoms. The van der Waals surface area contributed by atoms with Gasteiger partial charge in [-0.25, -0.2) is 0 Å². The summed E-state index contributed by atoms with van der Waals surface area (Å²) in [5.74, 6) is 0.651. The molecule has 0 spiro atoms. The zero-order valence-corrected chi connectivity index (χ0v) is 12.0. The number of carbonyl (C=O) groups is 1. The van der Waals surface area contributed by atoms with Crippen LogP contribution in [-0.2, 0) is 11.3 Å². The highest BCUT2D eigenvalue weighted by Crippen LogP contribution is 2.21. The number of hydrogen-bond donors (Lipinski definition) is 2. The Balaban J connectivity index is 1.77. The summed E-state index contributed by atoms with van der Waals surface area (Å²) in [4.78, 5) is 11.7. The van der Waals surface area contributed by atoms with Crippen LogP contribution >= 0.6 is 11.6 Å². The molecule has 5 heteroatoms. The second kappa shape index (κ2) is 7.12. The van der Waals surface area contributed by atoms with E-state index in [9.17, 15) is 4.79 Å². The summed E-state index contributed by atoms with van der Waals surface area (Å²) >= 11 is 6.11. The lowest BCUT2D eigenvalue weighted by Gasteiger charge is -2.15. The molecule has 0 aliphatic carbocycles. The van der Waals surface area contributed by atoms with E-state index in [0.717, 1.165) is 11.3 Å². The first-order valence-corrected chi connectivity index (χ1v) is 6.81. The molecule has 0 saturated heterocycles. The van der Waals surface area contributed by atoms with Gasteiger partial charge < -0.3 is 15.1 Å². The van der Waals surface area contributed by atoms with Crippen LogP contribution in [0.2, 0.25) is 5.02 Å². The topological polar surface area (TPSA) is 54.3 Å². The number of carbonyl (C=O) groups excluding carboxylic acids is 1. The quantitative estimate of drug-likeness (QED) is 0.861. The van der Waals surface area contributed by atoms with Gasteiger partial charge in [0.1, 0.15) is 5.76 Å². The Morgan fingerprint density at radius 2 is 2.10 bits per heavy atom. The maximum atomic E-state index is 11.7. The summed E-state index contributed by atoms with van der Waals surface area (Å²) in [6.45, 7) is 2.60. The summed E-state index contributed by atoms with van der Waals surface area (Å²) in [6, 6.07) is 11.2. The van der Waals surface area contributed by atoms with E-state index in [0.29, 0.717) is 11.6 Å². The first kappa shape index (κ1) is 14.6. The maximum absolute atomic E-state index is 11.7. The van der Waals surface area contributed by atoms with E-state index < -0.39 is 0 Å². The molecule has 0 saturated carbocycles. The number of rotatable bonds is 6.